The minimum atomic E-state index is -1.39. The summed E-state index contributed by atoms with van der Waals surface area (Å²) in [5, 5.41) is 0. The van der Waals surface area contributed by atoms with E-state index in [1.165, 1.54) is 9.80 Å². The zero-order valence-corrected chi connectivity index (χ0v) is 15.4. The number of ether oxygens (including phenoxy) is 2. The van der Waals surface area contributed by atoms with Gasteiger partial charge in [0.05, 0.1) is 0 Å². The van der Waals surface area contributed by atoms with Crippen molar-refractivity contribution >= 4 is 18.3 Å². The zero-order valence-electron chi connectivity index (χ0n) is 15.4. The minimum absolute atomic E-state index is 0.199. The van der Waals surface area contributed by atoms with Crippen molar-refractivity contribution in [3.63, 3.8) is 0 Å². The van der Waals surface area contributed by atoms with Crippen LogP contribution in [0.3, 0.4) is 0 Å². The van der Waals surface area contributed by atoms with Crippen LogP contribution in [0.5, 0.6) is 0 Å². The van der Waals surface area contributed by atoms with Crippen molar-refractivity contribution in [1.82, 2.24) is 9.80 Å². The van der Waals surface area contributed by atoms with Gasteiger partial charge in [-0.2, -0.15) is 0 Å². The highest BCUT2D eigenvalue weighted by Gasteiger charge is 2.32. The van der Waals surface area contributed by atoms with Crippen molar-refractivity contribution in [1.29, 1.82) is 0 Å². The van der Waals surface area contributed by atoms with Crippen LogP contribution in [0.15, 0.2) is 0 Å². The number of nitrogens with zero attached hydrogens (tertiary/aromatic N) is 2. The molecule has 0 saturated carbocycles. The predicted molar refractivity (Wildman–Crippen MR) is 89.4 cm³/mol. The third-order valence-electron chi connectivity index (χ3n) is 3.11. The van der Waals surface area contributed by atoms with E-state index in [0.29, 0.717) is 0 Å². The van der Waals surface area contributed by atoms with Gasteiger partial charge >= 0.3 is 18.3 Å². The summed E-state index contributed by atoms with van der Waals surface area (Å²) in [4.78, 5) is 38.4. The molecule has 0 rings (SSSR count). The Bertz CT molecular complexity index is 414. The lowest BCUT2D eigenvalue weighted by atomic mass is 10.1. The van der Waals surface area contributed by atoms with Crippen LogP contribution in [-0.2, 0) is 9.47 Å². The molecule has 0 aromatic carbocycles. The van der Waals surface area contributed by atoms with Gasteiger partial charge in [-0.25, -0.2) is 14.4 Å². The Labute approximate surface area is 143 Å². The third-order valence-corrected chi connectivity index (χ3v) is 3.11. The van der Waals surface area contributed by atoms with Crippen LogP contribution >= 0.6 is 0 Å². The van der Waals surface area contributed by atoms with Gasteiger partial charge in [0.2, 0.25) is 0 Å². The first-order valence-corrected chi connectivity index (χ1v) is 7.77. The van der Waals surface area contributed by atoms with Crippen molar-refractivity contribution in [2.24, 2.45) is 11.5 Å². The monoisotopic (exact) mass is 346 g/mol. The molecule has 2 amide bonds. The molecule has 0 atom stereocenters. The van der Waals surface area contributed by atoms with Crippen molar-refractivity contribution in [2.45, 2.75) is 52.6 Å². The molecule has 9 heteroatoms. The first kappa shape index (κ1) is 22.1. The zero-order chi connectivity index (χ0) is 19.1. The van der Waals surface area contributed by atoms with E-state index in [1.807, 2.05) is 0 Å². The number of hydrogen-bond acceptors (Lipinski definition) is 7. The maximum absolute atomic E-state index is 12.1. The number of hydrogen-bond donors (Lipinski definition) is 2. The average molecular weight is 346 g/mol. The van der Waals surface area contributed by atoms with Gasteiger partial charge in [0, 0.05) is 37.3 Å². The van der Waals surface area contributed by atoms with Gasteiger partial charge in [-0.1, -0.05) is 0 Å². The van der Waals surface area contributed by atoms with E-state index in [1.54, 1.807) is 41.5 Å². The van der Waals surface area contributed by atoms with Crippen molar-refractivity contribution in [2.75, 3.05) is 26.2 Å². The molecule has 0 spiro atoms. The average Bonchev–Trinajstić information content (AvgIpc) is 2.38. The summed E-state index contributed by atoms with van der Waals surface area (Å²) in [6.45, 7) is 11.4. The minimum Gasteiger partial charge on any atom is -0.343 e. The van der Waals surface area contributed by atoms with Gasteiger partial charge in [-0.3, -0.25) is 0 Å². The standard InChI is InChI=1S/C15H30N4O5/c1-14(2,3)18(9-7-16)11(20)23-13(22)24-12(21)19(10-8-17)15(4,5)6/h7-10,16-17H2,1-6H3. The summed E-state index contributed by atoms with van der Waals surface area (Å²) in [7, 11) is 0. The molecule has 0 aromatic rings. The normalized spacial score (nSPS) is 11.7. The van der Waals surface area contributed by atoms with Crippen LogP contribution in [0.25, 0.3) is 0 Å². The second-order valence-electron chi connectivity index (χ2n) is 7.21. The van der Waals surface area contributed by atoms with Gasteiger partial charge in [0.1, 0.15) is 0 Å². The van der Waals surface area contributed by atoms with E-state index < -0.39 is 29.4 Å². The molecule has 9 nitrogen and oxygen atoms in total. The molecule has 0 aliphatic rings. The topological polar surface area (TPSA) is 128 Å². The van der Waals surface area contributed by atoms with Crippen LogP contribution in [0.4, 0.5) is 14.4 Å². The Morgan fingerprint density at radius 1 is 0.750 bits per heavy atom. The van der Waals surface area contributed by atoms with Crippen LogP contribution in [-0.4, -0.2) is 65.4 Å². The Morgan fingerprint density at radius 2 is 1.04 bits per heavy atom. The molecule has 0 saturated heterocycles. The molecule has 0 radical (unpaired) electrons. The number of nitrogens with two attached hydrogens (primary N) is 2. The van der Waals surface area contributed by atoms with Crippen molar-refractivity contribution in [3.8, 4) is 0 Å². The molecular weight excluding hydrogens is 316 g/mol. The van der Waals surface area contributed by atoms with Crippen LogP contribution < -0.4 is 11.5 Å². The Hall–Kier alpha value is -1.87. The van der Waals surface area contributed by atoms with Gasteiger partial charge in [-0.05, 0) is 41.5 Å². The van der Waals surface area contributed by atoms with Crippen LogP contribution in [0.2, 0.25) is 0 Å². The second-order valence-corrected chi connectivity index (χ2v) is 7.21. The van der Waals surface area contributed by atoms with Gasteiger partial charge < -0.3 is 30.7 Å². The molecule has 4 N–H and O–H groups in total. The van der Waals surface area contributed by atoms with Crippen molar-refractivity contribution in [3.05, 3.63) is 0 Å². The quantitative estimate of drug-likeness (QED) is 0.583. The maximum Gasteiger partial charge on any atom is 0.526 e. The van der Waals surface area contributed by atoms with E-state index in [-0.39, 0.29) is 26.2 Å². The van der Waals surface area contributed by atoms with E-state index in [9.17, 15) is 14.4 Å². The fourth-order valence-electron chi connectivity index (χ4n) is 1.93. The summed E-state index contributed by atoms with van der Waals surface area (Å²) in [5.74, 6) is 0. The summed E-state index contributed by atoms with van der Waals surface area (Å²) in [6.07, 6.45) is -3.23. The molecule has 0 fully saturated rings. The molecule has 0 aromatic heterocycles. The number of carbonyl (C=O) groups is 3. The molecular formula is C15H30N4O5. The number of amides is 2. The lowest BCUT2D eigenvalue weighted by molar-refractivity contribution is 0.0420. The van der Waals surface area contributed by atoms with Gasteiger partial charge in [0.15, 0.2) is 0 Å². The first-order valence-electron chi connectivity index (χ1n) is 7.77. The van der Waals surface area contributed by atoms with Gasteiger partial charge in [-0.15, -0.1) is 0 Å². The number of carbonyl (C=O) groups excluding carboxylic acids is 3. The summed E-state index contributed by atoms with van der Waals surface area (Å²) in [5.41, 5.74) is 9.72. The lowest BCUT2D eigenvalue weighted by Gasteiger charge is -2.34. The SMILES string of the molecule is CC(C)(C)N(CCN)C(=O)OC(=O)OC(=O)N(CCN)C(C)(C)C. The highest BCUT2D eigenvalue weighted by Crippen LogP contribution is 2.16. The largest absolute Gasteiger partial charge is 0.526 e. The van der Waals surface area contributed by atoms with E-state index >= 15 is 0 Å². The van der Waals surface area contributed by atoms with E-state index in [4.69, 9.17) is 11.5 Å². The molecule has 24 heavy (non-hydrogen) atoms. The Morgan fingerprint density at radius 3 is 1.25 bits per heavy atom. The van der Waals surface area contributed by atoms with Crippen LogP contribution in [0, 0.1) is 0 Å². The summed E-state index contributed by atoms with van der Waals surface area (Å²) in [6, 6.07) is 0. The second kappa shape index (κ2) is 8.84. The highest BCUT2D eigenvalue weighted by molar-refractivity contribution is 5.87. The Kier molecular flexibility index (Phi) is 8.15. The van der Waals surface area contributed by atoms with E-state index in [2.05, 4.69) is 9.47 Å². The summed E-state index contributed by atoms with van der Waals surface area (Å²) >= 11 is 0. The fourth-order valence-corrected chi connectivity index (χ4v) is 1.93. The number of rotatable bonds is 4. The van der Waals surface area contributed by atoms with Crippen molar-refractivity contribution < 1.29 is 23.9 Å². The highest BCUT2D eigenvalue weighted by atomic mass is 16.8. The molecule has 0 aliphatic heterocycles. The molecule has 0 bridgehead atoms. The molecule has 0 aliphatic carbocycles. The molecule has 140 valence electrons. The predicted octanol–water partition coefficient (Wildman–Crippen LogP) is 1.50. The summed E-state index contributed by atoms with van der Waals surface area (Å²) < 4.78 is 9.19. The van der Waals surface area contributed by atoms with E-state index in [0.717, 1.165) is 0 Å². The fraction of sp³-hybridized carbons (Fsp3) is 0.800. The smallest absolute Gasteiger partial charge is 0.343 e. The first-order chi connectivity index (χ1) is 10.8. The lowest BCUT2D eigenvalue weighted by Crippen LogP contribution is -2.50. The maximum atomic E-state index is 12.1. The molecule has 0 heterocycles. The third kappa shape index (κ3) is 7.14. The Balaban J connectivity index is 4.88. The van der Waals surface area contributed by atoms with Gasteiger partial charge in [0.25, 0.3) is 0 Å². The van der Waals surface area contributed by atoms with Crippen LogP contribution in [0.1, 0.15) is 41.5 Å². The molecule has 0 unspecified atom stereocenters.